The number of carbonyl (C=O) groups is 2. The first-order chi connectivity index (χ1) is 9.95. The summed E-state index contributed by atoms with van der Waals surface area (Å²) in [4.78, 5) is 23.9. The SMILES string of the molecule is O=C(O)[C@@H]1[C@@H](C(=O)Nc2cc(Cl)cc(Cl)c2)[C@H]2C=C[C@H]1C2. The number of allylic oxidation sites excluding steroid dienone is 2. The maximum atomic E-state index is 12.4. The fourth-order valence-corrected chi connectivity index (χ4v) is 3.89. The second kappa shape index (κ2) is 5.35. The van der Waals surface area contributed by atoms with E-state index in [2.05, 4.69) is 5.32 Å². The summed E-state index contributed by atoms with van der Waals surface area (Å²) >= 11 is 11.8. The average Bonchev–Trinajstić information content (AvgIpc) is 2.96. The van der Waals surface area contributed by atoms with Gasteiger partial charge in [0.15, 0.2) is 0 Å². The molecule has 0 aromatic heterocycles. The Morgan fingerprint density at radius 1 is 1.05 bits per heavy atom. The predicted octanol–water partition coefficient (Wildman–Crippen LogP) is 3.45. The van der Waals surface area contributed by atoms with E-state index in [4.69, 9.17) is 23.2 Å². The predicted molar refractivity (Wildman–Crippen MR) is 80.4 cm³/mol. The van der Waals surface area contributed by atoms with Crippen LogP contribution in [0.2, 0.25) is 10.0 Å². The zero-order valence-corrected chi connectivity index (χ0v) is 12.4. The van der Waals surface area contributed by atoms with Crippen molar-refractivity contribution in [1.82, 2.24) is 0 Å². The molecular formula is C15H13Cl2NO3. The number of carbonyl (C=O) groups excluding carboxylic acids is 1. The lowest BCUT2D eigenvalue weighted by atomic mass is 9.82. The highest BCUT2D eigenvalue weighted by Gasteiger charge is 2.51. The van der Waals surface area contributed by atoms with E-state index >= 15 is 0 Å². The number of aliphatic carboxylic acids is 1. The van der Waals surface area contributed by atoms with Crippen molar-refractivity contribution in [2.75, 3.05) is 5.32 Å². The molecule has 1 aromatic carbocycles. The van der Waals surface area contributed by atoms with Crippen molar-refractivity contribution in [3.05, 3.63) is 40.4 Å². The van der Waals surface area contributed by atoms with E-state index in [0.717, 1.165) is 6.42 Å². The molecule has 0 heterocycles. The summed E-state index contributed by atoms with van der Waals surface area (Å²) in [6, 6.07) is 4.74. The van der Waals surface area contributed by atoms with Crippen LogP contribution in [0, 0.1) is 23.7 Å². The van der Waals surface area contributed by atoms with E-state index in [0.29, 0.717) is 15.7 Å². The number of carboxylic acids is 1. The minimum atomic E-state index is -0.920. The van der Waals surface area contributed by atoms with E-state index in [9.17, 15) is 14.7 Å². The molecule has 4 nitrogen and oxygen atoms in total. The van der Waals surface area contributed by atoms with Gasteiger partial charge in [0.2, 0.25) is 5.91 Å². The number of fused-ring (bicyclic) bond motifs is 2. The third-order valence-corrected chi connectivity index (χ3v) is 4.61. The Hall–Kier alpha value is -1.52. The Morgan fingerprint density at radius 3 is 2.19 bits per heavy atom. The number of amides is 1. The van der Waals surface area contributed by atoms with Crippen LogP contribution in [0.4, 0.5) is 5.69 Å². The van der Waals surface area contributed by atoms with Crippen molar-refractivity contribution >= 4 is 40.8 Å². The van der Waals surface area contributed by atoms with Gasteiger partial charge in [-0.15, -0.1) is 0 Å². The fraction of sp³-hybridized carbons (Fsp3) is 0.333. The zero-order valence-electron chi connectivity index (χ0n) is 10.9. The number of hydrogen-bond acceptors (Lipinski definition) is 2. The van der Waals surface area contributed by atoms with Crippen molar-refractivity contribution in [2.24, 2.45) is 23.7 Å². The number of rotatable bonds is 3. The number of nitrogens with one attached hydrogen (secondary N) is 1. The van der Waals surface area contributed by atoms with Crippen LogP contribution in [0.3, 0.4) is 0 Å². The fourth-order valence-electron chi connectivity index (χ4n) is 3.37. The smallest absolute Gasteiger partial charge is 0.307 e. The van der Waals surface area contributed by atoms with Gasteiger partial charge in [0.05, 0.1) is 11.8 Å². The van der Waals surface area contributed by atoms with Crippen LogP contribution in [-0.4, -0.2) is 17.0 Å². The molecule has 0 spiro atoms. The summed E-state index contributed by atoms with van der Waals surface area (Å²) in [6.45, 7) is 0. The molecule has 0 aliphatic heterocycles. The third-order valence-electron chi connectivity index (χ3n) is 4.18. The largest absolute Gasteiger partial charge is 0.481 e. The lowest BCUT2D eigenvalue weighted by molar-refractivity contribution is -0.146. The van der Waals surface area contributed by atoms with Gasteiger partial charge >= 0.3 is 5.97 Å². The molecule has 3 rings (SSSR count). The van der Waals surface area contributed by atoms with Gasteiger partial charge in [-0.3, -0.25) is 9.59 Å². The summed E-state index contributed by atoms with van der Waals surface area (Å²) in [5, 5.41) is 12.9. The van der Waals surface area contributed by atoms with Crippen LogP contribution in [-0.2, 0) is 9.59 Å². The van der Waals surface area contributed by atoms with Crippen molar-refractivity contribution in [3.63, 3.8) is 0 Å². The minimum Gasteiger partial charge on any atom is -0.481 e. The Bertz CT molecular complexity index is 624. The second-order valence-electron chi connectivity index (χ2n) is 5.49. The Morgan fingerprint density at radius 2 is 1.62 bits per heavy atom. The Kier molecular flexibility index (Phi) is 3.68. The van der Waals surface area contributed by atoms with Crippen molar-refractivity contribution < 1.29 is 14.7 Å². The van der Waals surface area contributed by atoms with Crippen molar-refractivity contribution in [3.8, 4) is 0 Å². The standard InChI is InChI=1S/C15H13Cl2NO3/c16-9-4-10(17)6-11(5-9)18-14(19)12-7-1-2-8(3-7)13(12)15(20)21/h1-2,4-8,12-13H,3H2,(H,18,19)(H,20,21)/t7-,8-,12-,13-/m0/s1. The molecular weight excluding hydrogens is 313 g/mol. The molecule has 0 unspecified atom stereocenters. The Balaban J connectivity index is 1.82. The van der Waals surface area contributed by atoms with Crippen LogP contribution < -0.4 is 5.32 Å². The van der Waals surface area contributed by atoms with Crippen LogP contribution in [0.15, 0.2) is 30.4 Å². The molecule has 4 atom stereocenters. The summed E-state index contributed by atoms with van der Waals surface area (Å²) in [5.74, 6) is -2.48. The zero-order chi connectivity index (χ0) is 15.1. The summed E-state index contributed by atoms with van der Waals surface area (Å²) < 4.78 is 0. The first kappa shape index (κ1) is 14.4. The minimum absolute atomic E-state index is 0.00856. The number of benzene rings is 1. The van der Waals surface area contributed by atoms with E-state index in [1.807, 2.05) is 12.2 Å². The highest BCUT2D eigenvalue weighted by atomic mass is 35.5. The quantitative estimate of drug-likeness (QED) is 0.836. The lowest BCUT2D eigenvalue weighted by Crippen LogP contribution is -2.36. The first-order valence-corrected chi connectivity index (χ1v) is 7.39. The van der Waals surface area contributed by atoms with E-state index in [1.54, 1.807) is 18.2 Å². The molecule has 6 heteroatoms. The maximum Gasteiger partial charge on any atom is 0.307 e. The summed E-state index contributed by atoms with van der Waals surface area (Å²) in [6.07, 6.45) is 4.58. The molecule has 2 aliphatic rings. The Labute approximate surface area is 131 Å². The number of anilines is 1. The van der Waals surface area contributed by atoms with Gasteiger partial charge in [0.25, 0.3) is 0 Å². The lowest BCUT2D eigenvalue weighted by Gasteiger charge is -2.23. The normalized spacial score (nSPS) is 29.6. The molecule has 1 amide bonds. The van der Waals surface area contributed by atoms with Gasteiger partial charge in [-0.2, -0.15) is 0 Å². The second-order valence-corrected chi connectivity index (χ2v) is 6.36. The van der Waals surface area contributed by atoms with Crippen LogP contribution in [0.1, 0.15) is 6.42 Å². The molecule has 2 N–H and O–H groups in total. The number of carboxylic acid groups (broad SMARTS) is 1. The van der Waals surface area contributed by atoms with Gasteiger partial charge < -0.3 is 10.4 Å². The van der Waals surface area contributed by atoms with Crippen LogP contribution >= 0.6 is 23.2 Å². The van der Waals surface area contributed by atoms with Gasteiger partial charge in [-0.25, -0.2) is 0 Å². The van der Waals surface area contributed by atoms with Gasteiger partial charge in [0, 0.05) is 15.7 Å². The highest BCUT2D eigenvalue weighted by Crippen LogP contribution is 2.48. The van der Waals surface area contributed by atoms with Gasteiger partial charge in [-0.05, 0) is 36.5 Å². The summed E-state index contributed by atoms with van der Waals surface area (Å²) in [7, 11) is 0. The maximum absolute atomic E-state index is 12.4. The van der Waals surface area contributed by atoms with Gasteiger partial charge in [0.1, 0.15) is 0 Å². The molecule has 1 aromatic rings. The molecule has 21 heavy (non-hydrogen) atoms. The number of hydrogen-bond donors (Lipinski definition) is 2. The van der Waals surface area contributed by atoms with Gasteiger partial charge in [-0.1, -0.05) is 35.4 Å². The van der Waals surface area contributed by atoms with E-state index in [-0.39, 0.29) is 17.7 Å². The molecule has 2 bridgehead atoms. The van der Waals surface area contributed by atoms with E-state index < -0.39 is 17.8 Å². The van der Waals surface area contributed by atoms with Crippen LogP contribution in [0.25, 0.3) is 0 Å². The third kappa shape index (κ3) is 2.65. The van der Waals surface area contributed by atoms with Crippen LogP contribution in [0.5, 0.6) is 0 Å². The molecule has 0 saturated heterocycles. The monoisotopic (exact) mass is 325 g/mol. The first-order valence-electron chi connectivity index (χ1n) is 6.64. The topological polar surface area (TPSA) is 66.4 Å². The molecule has 0 radical (unpaired) electrons. The molecule has 1 fully saturated rings. The highest BCUT2D eigenvalue weighted by molar-refractivity contribution is 6.35. The van der Waals surface area contributed by atoms with Crippen molar-refractivity contribution in [2.45, 2.75) is 6.42 Å². The van der Waals surface area contributed by atoms with Crippen molar-refractivity contribution in [1.29, 1.82) is 0 Å². The molecule has 1 saturated carbocycles. The molecule has 2 aliphatic carbocycles. The average molecular weight is 326 g/mol. The molecule has 110 valence electrons. The van der Waals surface area contributed by atoms with E-state index in [1.165, 1.54) is 0 Å². The number of halogens is 2. The summed E-state index contributed by atoms with van der Waals surface area (Å²) in [5.41, 5.74) is 0.480.